The van der Waals surface area contributed by atoms with E-state index in [9.17, 15) is 9.59 Å². The van der Waals surface area contributed by atoms with E-state index in [2.05, 4.69) is 15.0 Å². The largest absolute Gasteiger partial charge is 0.479 e. The van der Waals surface area contributed by atoms with Gasteiger partial charge in [0.25, 0.3) is 5.56 Å². The minimum absolute atomic E-state index is 0.0956. The van der Waals surface area contributed by atoms with Crippen LogP contribution in [0.3, 0.4) is 0 Å². The molecule has 0 spiro atoms. The Kier molecular flexibility index (Phi) is 6.26. The molecule has 0 unspecified atom stereocenters. The summed E-state index contributed by atoms with van der Waals surface area (Å²) in [7, 11) is 1.41. The first kappa shape index (κ1) is 23.7. The summed E-state index contributed by atoms with van der Waals surface area (Å²) in [4.78, 5) is 37.1. The minimum Gasteiger partial charge on any atom is -0.479 e. The normalized spacial score (nSPS) is 11.0. The predicted octanol–water partition coefficient (Wildman–Crippen LogP) is 5.92. The van der Waals surface area contributed by atoms with Crippen LogP contribution in [0.1, 0.15) is 16.1 Å². The Morgan fingerprint density at radius 1 is 0.889 bits per heavy atom. The maximum Gasteiger partial charge on any atom is 0.258 e. The molecule has 36 heavy (non-hydrogen) atoms. The van der Waals surface area contributed by atoms with Crippen LogP contribution in [0.4, 0.5) is 0 Å². The lowest BCUT2D eigenvalue weighted by Gasteiger charge is -2.14. The van der Waals surface area contributed by atoms with Crippen LogP contribution in [0, 0.1) is 6.92 Å². The van der Waals surface area contributed by atoms with Gasteiger partial charge in [-0.25, -0.2) is 15.0 Å². The SMILES string of the molecule is COc1nc(-c2cccc(-c3cccc(-c4cc(=O)n5cc(C)ccc5n4)c3Cl)c2Cl)cnc1C=O. The van der Waals surface area contributed by atoms with Gasteiger partial charge in [0, 0.05) is 34.5 Å². The molecule has 3 heterocycles. The van der Waals surface area contributed by atoms with Gasteiger partial charge in [-0.2, -0.15) is 0 Å². The van der Waals surface area contributed by atoms with Crippen LogP contribution in [0.5, 0.6) is 5.88 Å². The van der Waals surface area contributed by atoms with Crippen molar-refractivity contribution < 1.29 is 9.53 Å². The number of aldehydes is 1. The first-order valence-electron chi connectivity index (χ1n) is 10.9. The van der Waals surface area contributed by atoms with E-state index in [4.69, 9.17) is 27.9 Å². The fourth-order valence-electron chi connectivity index (χ4n) is 3.96. The average molecular weight is 517 g/mol. The number of ether oxygens (including phenoxy) is 1. The van der Waals surface area contributed by atoms with Crippen LogP contribution in [0.25, 0.3) is 39.3 Å². The van der Waals surface area contributed by atoms with Gasteiger partial charge in [0.2, 0.25) is 5.88 Å². The van der Waals surface area contributed by atoms with E-state index in [-0.39, 0.29) is 17.1 Å². The number of methoxy groups -OCH3 is 1. The van der Waals surface area contributed by atoms with E-state index in [1.54, 1.807) is 18.3 Å². The second kappa shape index (κ2) is 9.53. The highest BCUT2D eigenvalue weighted by molar-refractivity contribution is 6.39. The van der Waals surface area contributed by atoms with Gasteiger partial charge in [-0.15, -0.1) is 0 Å². The molecule has 0 saturated carbocycles. The number of benzene rings is 2. The zero-order valence-electron chi connectivity index (χ0n) is 19.2. The maximum absolute atomic E-state index is 12.8. The summed E-state index contributed by atoms with van der Waals surface area (Å²) < 4.78 is 6.68. The molecule has 0 radical (unpaired) electrons. The highest BCUT2D eigenvalue weighted by Gasteiger charge is 2.18. The highest BCUT2D eigenvalue weighted by atomic mass is 35.5. The second-order valence-electron chi connectivity index (χ2n) is 8.02. The molecule has 0 N–H and O–H groups in total. The molecular weight excluding hydrogens is 499 g/mol. The molecule has 0 saturated heterocycles. The topological polar surface area (TPSA) is 86.4 Å². The Labute approximate surface area is 216 Å². The Balaban J connectivity index is 1.64. The Morgan fingerprint density at radius 2 is 1.53 bits per heavy atom. The number of fused-ring (bicyclic) bond motifs is 1. The Bertz CT molecular complexity index is 1720. The lowest BCUT2D eigenvalue weighted by molar-refractivity contribution is 0.111. The van der Waals surface area contributed by atoms with Crippen LogP contribution in [-0.2, 0) is 0 Å². The van der Waals surface area contributed by atoms with Gasteiger partial charge in [-0.1, -0.05) is 65.7 Å². The number of pyridine rings is 1. The molecule has 9 heteroatoms. The number of carbonyl (C=O) groups is 1. The van der Waals surface area contributed by atoms with Crippen molar-refractivity contribution >= 4 is 35.1 Å². The molecule has 0 aliphatic rings. The number of hydrogen-bond acceptors (Lipinski definition) is 6. The van der Waals surface area contributed by atoms with Crippen molar-refractivity contribution in [2.45, 2.75) is 6.92 Å². The summed E-state index contributed by atoms with van der Waals surface area (Å²) in [5, 5.41) is 0.800. The quantitative estimate of drug-likeness (QED) is 0.269. The van der Waals surface area contributed by atoms with Crippen molar-refractivity contribution in [2.24, 2.45) is 0 Å². The predicted molar refractivity (Wildman–Crippen MR) is 140 cm³/mol. The van der Waals surface area contributed by atoms with Crippen molar-refractivity contribution in [2.75, 3.05) is 7.11 Å². The molecule has 0 bridgehead atoms. The van der Waals surface area contributed by atoms with Crippen LogP contribution in [0.15, 0.2) is 71.8 Å². The Morgan fingerprint density at radius 3 is 2.17 bits per heavy atom. The van der Waals surface area contributed by atoms with E-state index >= 15 is 0 Å². The summed E-state index contributed by atoms with van der Waals surface area (Å²) >= 11 is 13.7. The summed E-state index contributed by atoms with van der Waals surface area (Å²) in [5.41, 5.74) is 4.80. The van der Waals surface area contributed by atoms with Gasteiger partial charge in [0.1, 0.15) is 5.65 Å². The molecule has 178 valence electrons. The van der Waals surface area contributed by atoms with Crippen molar-refractivity contribution in [3.05, 3.63) is 98.6 Å². The van der Waals surface area contributed by atoms with E-state index in [0.717, 1.165) is 5.56 Å². The van der Waals surface area contributed by atoms with E-state index < -0.39 is 0 Å². The zero-order chi connectivity index (χ0) is 25.4. The van der Waals surface area contributed by atoms with Gasteiger partial charge >= 0.3 is 0 Å². The summed E-state index contributed by atoms with van der Waals surface area (Å²) in [5.74, 6) is 0.104. The van der Waals surface area contributed by atoms with Crippen molar-refractivity contribution in [3.63, 3.8) is 0 Å². The van der Waals surface area contributed by atoms with E-state index in [1.807, 2.05) is 43.3 Å². The number of aromatic nitrogens is 4. The number of rotatable bonds is 5. The third-order valence-corrected chi connectivity index (χ3v) is 6.53. The molecule has 0 aliphatic carbocycles. The smallest absolute Gasteiger partial charge is 0.258 e. The zero-order valence-corrected chi connectivity index (χ0v) is 20.7. The van der Waals surface area contributed by atoms with E-state index in [1.165, 1.54) is 23.8 Å². The third kappa shape index (κ3) is 4.12. The fourth-order valence-corrected chi connectivity index (χ4v) is 4.61. The van der Waals surface area contributed by atoms with Gasteiger partial charge in [-0.05, 0) is 18.6 Å². The number of halogens is 2. The number of nitrogens with zero attached hydrogens (tertiary/aromatic N) is 4. The monoisotopic (exact) mass is 516 g/mol. The van der Waals surface area contributed by atoms with E-state index in [0.29, 0.717) is 55.6 Å². The minimum atomic E-state index is -0.202. The fraction of sp³-hybridized carbons (Fsp3) is 0.0741. The van der Waals surface area contributed by atoms with Gasteiger partial charge in [-0.3, -0.25) is 14.0 Å². The standard InChI is InChI=1S/C27H18Cl2N4O3/c1-15-9-10-23-31-20(11-24(35)33(23)13-15)18-7-3-5-16(25(18)28)17-6-4-8-19(26(17)29)21-12-30-22(14-34)27(32-21)36-2/h3-14H,1-2H3. The number of aryl methyl sites for hydroxylation is 1. The summed E-state index contributed by atoms with van der Waals surface area (Å²) in [6, 6.07) is 16.1. The molecule has 0 amide bonds. The molecule has 5 rings (SSSR count). The number of carbonyl (C=O) groups excluding carboxylic acids is 1. The van der Waals surface area contributed by atoms with Gasteiger partial charge in [0.15, 0.2) is 12.0 Å². The highest BCUT2D eigenvalue weighted by Crippen LogP contribution is 2.41. The van der Waals surface area contributed by atoms with Crippen LogP contribution < -0.4 is 10.3 Å². The molecule has 3 aromatic heterocycles. The van der Waals surface area contributed by atoms with Crippen LogP contribution in [0.2, 0.25) is 10.0 Å². The summed E-state index contributed by atoms with van der Waals surface area (Å²) in [6.45, 7) is 1.91. The van der Waals surface area contributed by atoms with Crippen molar-refractivity contribution in [1.29, 1.82) is 0 Å². The van der Waals surface area contributed by atoms with Crippen LogP contribution in [-0.4, -0.2) is 32.7 Å². The molecule has 0 atom stereocenters. The maximum atomic E-state index is 12.8. The summed E-state index contributed by atoms with van der Waals surface area (Å²) in [6.07, 6.45) is 3.79. The molecule has 0 aliphatic heterocycles. The molecular formula is C27H18Cl2N4O3. The van der Waals surface area contributed by atoms with Gasteiger partial charge < -0.3 is 4.74 Å². The third-order valence-electron chi connectivity index (χ3n) is 5.72. The average Bonchev–Trinajstić information content (AvgIpc) is 2.89. The van der Waals surface area contributed by atoms with Crippen LogP contribution >= 0.6 is 23.2 Å². The van der Waals surface area contributed by atoms with Crippen molar-refractivity contribution in [3.8, 4) is 39.5 Å². The lowest BCUT2D eigenvalue weighted by Crippen LogP contribution is -2.14. The Hall–Kier alpha value is -4.07. The molecule has 0 fully saturated rings. The number of hydrogen-bond donors (Lipinski definition) is 0. The first-order chi connectivity index (χ1) is 17.4. The van der Waals surface area contributed by atoms with Crippen molar-refractivity contribution in [1.82, 2.24) is 19.4 Å². The molecule has 2 aromatic carbocycles. The first-order valence-corrected chi connectivity index (χ1v) is 11.6. The molecule has 7 nitrogen and oxygen atoms in total. The second-order valence-corrected chi connectivity index (χ2v) is 8.77. The van der Waals surface area contributed by atoms with Gasteiger partial charge in [0.05, 0.1) is 34.7 Å². The lowest BCUT2D eigenvalue weighted by atomic mass is 9.98. The molecule has 5 aromatic rings.